The number of carbonyl (C=O) groups excluding carboxylic acids is 1. The van der Waals surface area contributed by atoms with Crippen LogP contribution in [0.3, 0.4) is 0 Å². The Morgan fingerprint density at radius 1 is 1.41 bits per heavy atom. The molecule has 1 amide bonds. The fourth-order valence-corrected chi connectivity index (χ4v) is 3.01. The number of nitrogens with two attached hydrogens (primary N) is 1. The molecule has 3 N–H and O–H groups in total. The van der Waals surface area contributed by atoms with Crippen molar-refractivity contribution in [2.24, 2.45) is 5.14 Å². The summed E-state index contributed by atoms with van der Waals surface area (Å²) >= 11 is 3.16. The Balaban J connectivity index is 2.42. The molecule has 0 bridgehead atoms. The molecular weight excluding hydrogens is 380 g/mol. The number of sulfonamides is 1. The second-order valence-electron chi connectivity index (χ2n) is 4.61. The monoisotopic (exact) mass is 392 g/mol. The number of amides is 1. The summed E-state index contributed by atoms with van der Waals surface area (Å²) in [4.78, 5) is 24.7. The third-order valence-electron chi connectivity index (χ3n) is 3.17. The molecule has 1 saturated heterocycles. The van der Waals surface area contributed by atoms with Gasteiger partial charge in [-0.1, -0.05) is 0 Å². The molecule has 1 heterocycles. The lowest BCUT2D eigenvalue weighted by molar-refractivity contribution is -0.147. The van der Waals surface area contributed by atoms with E-state index in [1.807, 2.05) is 0 Å². The molecule has 22 heavy (non-hydrogen) atoms. The zero-order chi connectivity index (χ0) is 16.5. The predicted octanol–water partition coefficient (Wildman–Crippen LogP) is 0.0221. The van der Waals surface area contributed by atoms with Gasteiger partial charge in [0.05, 0.1) is 23.7 Å². The number of primary sulfonamides is 1. The van der Waals surface area contributed by atoms with Crippen LogP contribution in [0.4, 0.5) is 0 Å². The summed E-state index contributed by atoms with van der Waals surface area (Å²) in [6.07, 6.45) is 0. The number of nitrogens with zero attached hydrogens (tertiary/aromatic N) is 1. The molecule has 0 saturated carbocycles. The van der Waals surface area contributed by atoms with Crippen LogP contribution in [0.2, 0.25) is 0 Å². The van der Waals surface area contributed by atoms with Crippen molar-refractivity contribution in [2.45, 2.75) is 10.9 Å². The minimum Gasteiger partial charge on any atom is -0.480 e. The smallest absolute Gasteiger partial charge is 0.328 e. The number of ether oxygens (including phenoxy) is 1. The highest BCUT2D eigenvalue weighted by atomic mass is 79.9. The number of hydrogen-bond donors (Lipinski definition) is 2. The molecule has 2 rings (SSSR count). The average Bonchev–Trinajstić information content (AvgIpc) is 2.45. The third kappa shape index (κ3) is 3.46. The van der Waals surface area contributed by atoms with Crippen molar-refractivity contribution in [3.05, 3.63) is 28.2 Å². The molecule has 0 aliphatic carbocycles. The van der Waals surface area contributed by atoms with E-state index in [0.29, 0.717) is 4.47 Å². The minimum atomic E-state index is -3.97. The number of benzene rings is 1. The van der Waals surface area contributed by atoms with E-state index in [4.69, 9.17) is 15.0 Å². The summed E-state index contributed by atoms with van der Waals surface area (Å²) < 4.78 is 28.2. The largest absolute Gasteiger partial charge is 0.480 e. The van der Waals surface area contributed by atoms with Crippen molar-refractivity contribution in [3.8, 4) is 0 Å². The Kier molecular flexibility index (Phi) is 4.85. The number of rotatable bonds is 3. The molecule has 1 fully saturated rings. The van der Waals surface area contributed by atoms with Crippen molar-refractivity contribution >= 4 is 37.8 Å². The van der Waals surface area contributed by atoms with Gasteiger partial charge in [-0.25, -0.2) is 18.4 Å². The van der Waals surface area contributed by atoms with Gasteiger partial charge in [0.25, 0.3) is 5.91 Å². The molecule has 1 aromatic rings. The van der Waals surface area contributed by atoms with Crippen LogP contribution in [0.1, 0.15) is 10.4 Å². The van der Waals surface area contributed by atoms with Crippen LogP contribution in [-0.2, 0) is 19.6 Å². The summed E-state index contributed by atoms with van der Waals surface area (Å²) in [5.41, 5.74) is 0.0275. The number of carboxylic acids is 1. The van der Waals surface area contributed by atoms with Gasteiger partial charge in [-0.05, 0) is 34.1 Å². The molecule has 1 aromatic carbocycles. The number of carbonyl (C=O) groups is 2. The first kappa shape index (κ1) is 16.9. The molecule has 0 unspecified atom stereocenters. The highest BCUT2D eigenvalue weighted by molar-refractivity contribution is 9.10. The van der Waals surface area contributed by atoms with Gasteiger partial charge in [-0.3, -0.25) is 4.79 Å². The standard InChI is InChI=1S/C12H13BrN2O6S/c13-9-2-1-7(22(14,19)20)5-8(9)11(16)15-3-4-21-6-10(15)12(17)18/h1-2,5,10H,3-4,6H2,(H,17,18)(H2,14,19,20)/t10-/m0/s1. The molecular formula is C12H13BrN2O6S. The van der Waals surface area contributed by atoms with Gasteiger partial charge in [0.2, 0.25) is 10.0 Å². The van der Waals surface area contributed by atoms with E-state index in [1.165, 1.54) is 12.1 Å². The molecule has 1 aliphatic heterocycles. The quantitative estimate of drug-likeness (QED) is 0.746. The first-order valence-electron chi connectivity index (χ1n) is 6.15. The van der Waals surface area contributed by atoms with Crippen molar-refractivity contribution in [3.63, 3.8) is 0 Å². The Bertz CT molecular complexity index is 720. The second kappa shape index (κ2) is 6.32. The van der Waals surface area contributed by atoms with E-state index in [9.17, 15) is 18.0 Å². The molecule has 8 nitrogen and oxygen atoms in total. The second-order valence-corrected chi connectivity index (χ2v) is 7.03. The molecule has 120 valence electrons. The van der Waals surface area contributed by atoms with Gasteiger partial charge in [0.1, 0.15) is 0 Å². The van der Waals surface area contributed by atoms with Gasteiger partial charge in [-0.15, -0.1) is 0 Å². The van der Waals surface area contributed by atoms with Crippen LogP contribution in [0.25, 0.3) is 0 Å². The predicted molar refractivity (Wildman–Crippen MR) is 78.8 cm³/mol. The summed E-state index contributed by atoms with van der Waals surface area (Å²) in [5.74, 6) is -1.79. The van der Waals surface area contributed by atoms with Crippen LogP contribution in [-0.4, -0.2) is 56.1 Å². The number of halogens is 1. The lowest BCUT2D eigenvalue weighted by Gasteiger charge is -2.33. The Morgan fingerprint density at radius 3 is 2.68 bits per heavy atom. The van der Waals surface area contributed by atoms with Crippen LogP contribution in [0, 0.1) is 0 Å². The van der Waals surface area contributed by atoms with Gasteiger partial charge in [-0.2, -0.15) is 0 Å². The van der Waals surface area contributed by atoms with E-state index in [2.05, 4.69) is 15.9 Å². The molecule has 1 aliphatic rings. The summed E-state index contributed by atoms with van der Waals surface area (Å²) in [6, 6.07) is 2.63. The maximum atomic E-state index is 12.6. The minimum absolute atomic E-state index is 0.0275. The topological polar surface area (TPSA) is 127 Å². The third-order valence-corrected chi connectivity index (χ3v) is 4.77. The summed E-state index contributed by atoms with van der Waals surface area (Å²) in [5, 5.41) is 14.2. The van der Waals surface area contributed by atoms with Gasteiger partial charge >= 0.3 is 5.97 Å². The number of hydrogen-bond acceptors (Lipinski definition) is 5. The highest BCUT2D eigenvalue weighted by Crippen LogP contribution is 2.23. The summed E-state index contributed by atoms with van der Waals surface area (Å²) in [6.45, 7) is 0.192. The molecule has 1 atom stereocenters. The fourth-order valence-electron chi connectivity index (χ4n) is 2.05. The summed E-state index contributed by atoms with van der Waals surface area (Å²) in [7, 11) is -3.97. The van der Waals surface area contributed by atoms with E-state index in [0.717, 1.165) is 11.0 Å². The SMILES string of the molecule is NS(=O)(=O)c1ccc(Br)c(C(=O)N2CCOC[C@H]2C(=O)O)c1. The molecule has 0 aromatic heterocycles. The lowest BCUT2D eigenvalue weighted by Crippen LogP contribution is -2.52. The average molecular weight is 393 g/mol. The molecule has 0 spiro atoms. The van der Waals surface area contributed by atoms with Crippen LogP contribution in [0.5, 0.6) is 0 Å². The van der Waals surface area contributed by atoms with Crippen LogP contribution >= 0.6 is 15.9 Å². The van der Waals surface area contributed by atoms with Crippen molar-refractivity contribution in [2.75, 3.05) is 19.8 Å². The van der Waals surface area contributed by atoms with E-state index in [1.54, 1.807) is 0 Å². The number of carboxylic acid groups (broad SMARTS) is 1. The first-order chi connectivity index (χ1) is 10.2. The normalized spacial score (nSPS) is 19.0. The maximum absolute atomic E-state index is 12.6. The molecule has 0 radical (unpaired) electrons. The first-order valence-corrected chi connectivity index (χ1v) is 8.49. The zero-order valence-corrected chi connectivity index (χ0v) is 13.6. The van der Waals surface area contributed by atoms with Crippen molar-refractivity contribution in [1.82, 2.24) is 4.90 Å². The van der Waals surface area contributed by atoms with Crippen LogP contribution < -0.4 is 5.14 Å². The van der Waals surface area contributed by atoms with Crippen LogP contribution in [0.15, 0.2) is 27.6 Å². The van der Waals surface area contributed by atoms with E-state index in [-0.39, 0.29) is 30.2 Å². The number of aliphatic carboxylic acids is 1. The molecule has 10 heteroatoms. The van der Waals surface area contributed by atoms with Gasteiger partial charge < -0.3 is 14.7 Å². The highest BCUT2D eigenvalue weighted by Gasteiger charge is 2.34. The fraction of sp³-hybridized carbons (Fsp3) is 0.333. The lowest BCUT2D eigenvalue weighted by atomic mass is 10.1. The van der Waals surface area contributed by atoms with Gasteiger partial charge in [0, 0.05) is 11.0 Å². The van der Waals surface area contributed by atoms with E-state index >= 15 is 0 Å². The Labute approximate surface area is 135 Å². The Morgan fingerprint density at radius 2 is 2.09 bits per heavy atom. The van der Waals surface area contributed by atoms with Gasteiger partial charge in [0.15, 0.2) is 6.04 Å². The number of morpholine rings is 1. The van der Waals surface area contributed by atoms with Crippen molar-refractivity contribution < 1.29 is 27.9 Å². The van der Waals surface area contributed by atoms with Crippen molar-refractivity contribution in [1.29, 1.82) is 0 Å². The Hall–Kier alpha value is -1.49. The zero-order valence-electron chi connectivity index (χ0n) is 11.2. The maximum Gasteiger partial charge on any atom is 0.328 e. The van der Waals surface area contributed by atoms with E-state index < -0.39 is 27.9 Å².